The summed E-state index contributed by atoms with van der Waals surface area (Å²) in [5, 5.41) is 2.29. The van der Waals surface area contributed by atoms with Crippen molar-refractivity contribution < 1.29 is 14.3 Å². The van der Waals surface area contributed by atoms with Crippen LogP contribution >= 0.6 is 0 Å². The quantitative estimate of drug-likeness (QED) is 0.688. The Morgan fingerprint density at radius 2 is 1.74 bits per heavy atom. The molecule has 1 atom stereocenters. The van der Waals surface area contributed by atoms with Gasteiger partial charge in [-0.2, -0.15) is 0 Å². The van der Waals surface area contributed by atoms with Crippen molar-refractivity contribution in [2.75, 3.05) is 19.7 Å². The second-order valence-electron chi connectivity index (χ2n) is 6.75. The maximum Gasteiger partial charge on any atom is 0.227 e. The van der Waals surface area contributed by atoms with E-state index in [1.54, 1.807) is 0 Å². The number of rotatable bonds is 5. The minimum atomic E-state index is -0.156. The molecule has 4 rings (SSSR count). The van der Waals surface area contributed by atoms with Gasteiger partial charge in [-0.3, -0.25) is 4.79 Å². The molecule has 27 heavy (non-hydrogen) atoms. The fourth-order valence-corrected chi connectivity index (χ4v) is 3.53. The van der Waals surface area contributed by atoms with Gasteiger partial charge in [-0.1, -0.05) is 54.6 Å². The largest absolute Gasteiger partial charge is 0.486 e. The van der Waals surface area contributed by atoms with E-state index in [0.29, 0.717) is 26.1 Å². The van der Waals surface area contributed by atoms with Crippen LogP contribution in [-0.4, -0.2) is 36.6 Å². The zero-order valence-electron chi connectivity index (χ0n) is 15.4. The third kappa shape index (κ3) is 3.75. The number of ether oxygens (including phenoxy) is 2. The number of para-hydroxylation sites is 2. The molecule has 3 aromatic carbocycles. The van der Waals surface area contributed by atoms with E-state index in [9.17, 15) is 4.79 Å². The third-order valence-electron chi connectivity index (χ3n) is 4.95. The predicted octanol–water partition coefficient (Wildman–Crippen LogP) is 4.07. The van der Waals surface area contributed by atoms with Crippen molar-refractivity contribution in [2.24, 2.45) is 0 Å². The van der Waals surface area contributed by atoms with Crippen LogP contribution < -0.4 is 9.47 Å². The first-order chi connectivity index (χ1) is 13.2. The summed E-state index contributed by atoms with van der Waals surface area (Å²) in [5.74, 6) is 1.61. The number of benzene rings is 3. The SMILES string of the molecule is CCN(C[C@@H]1COc2ccccc2O1)C(=O)Cc1cccc2ccccc12. The number of carbonyl (C=O) groups is 1. The molecule has 138 valence electrons. The lowest BCUT2D eigenvalue weighted by atomic mass is 10.0. The molecule has 1 heterocycles. The summed E-state index contributed by atoms with van der Waals surface area (Å²) in [6.45, 7) is 3.62. The van der Waals surface area contributed by atoms with Gasteiger partial charge in [-0.15, -0.1) is 0 Å². The van der Waals surface area contributed by atoms with E-state index in [1.807, 2.05) is 60.4 Å². The molecule has 1 aliphatic rings. The number of hydrogen-bond acceptors (Lipinski definition) is 3. The van der Waals surface area contributed by atoms with Crippen LogP contribution in [0.5, 0.6) is 11.5 Å². The van der Waals surface area contributed by atoms with E-state index < -0.39 is 0 Å². The Hall–Kier alpha value is -3.01. The number of nitrogens with zero attached hydrogens (tertiary/aromatic N) is 1. The first-order valence-corrected chi connectivity index (χ1v) is 9.37. The molecular formula is C23H23NO3. The summed E-state index contributed by atoms with van der Waals surface area (Å²) < 4.78 is 11.8. The lowest BCUT2D eigenvalue weighted by molar-refractivity contribution is -0.131. The average molecular weight is 361 g/mol. The highest BCUT2D eigenvalue weighted by Crippen LogP contribution is 2.31. The topological polar surface area (TPSA) is 38.8 Å². The van der Waals surface area contributed by atoms with Gasteiger partial charge in [0.15, 0.2) is 17.6 Å². The molecule has 4 nitrogen and oxygen atoms in total. The van der Waals surface area contributed by atoms with E-state index in [0.717, 1.165) is 27.8 Å². The summed E-state index contributed by atoms with van der Waals surface area (Å²) in [7, 11) is 0. The molecule has 0 unspecified atom stereocenters. The minimum absolute atomic E-state index is 0.108. The van der Waals surface area contributed by atoms with E-state index in [1.165, 1.54) is 0 Å². The van der Waals surface area contributed by atoms with Crippen LogP contribution in [0.2, 0.25) is 0 Å². The lowest BCUT2D eigenvalue weighted by Gasteiger charge is -2.31. The van der Waals surface area contributed by atoms with Gasteiger partial charge in [0.1, 0.15) is 6.61 Å². The molecule has 0 aliphatic carbocycles. The Balaban J connectivity index is 1.46. The van der Waals surface area contributed by atoms with Crippen LogP contribution in [0.25, 0.3) is 10.8 Å². The number of carbonyl (C=O) groups excluding carboxylic acids is 1. The molecule has 1 aliphatic heterocycles. The molecule has 3 aromatic rings. The van der Waals surface area contributed by atoms with Crippen molar-refractivity contribution >= 4 is 16.7 Å². The van der Waals surface area contributed by atoms with Crippen molar-refractivity contribution in [1.82, 2.24) is 4.90 Å². The smallest absolute Gasteiger partial charge is 0.227 e. The van der Waals surface area contributed by atoms with Gasteiger partial charge < -0.3 is 14.4 Å². The molecule has 0 spiro atoms. The van der Waals surface area contributed by atoms with Gasteiger partial charge >= 0.3 is 0 Å². The van der Waals surface area contributed by atoms with Gasteiger partial charge in [0.2, 0.25) is 5.91 Å². The molecule has 0 saturated carbocycles. The first kappa shape index (κ1) is 17.4. The highest BCUT2D eigenvalue weighted by Gasteiger charge is 2.25. The Morgan fingerprint density at radius 1 is 1.00 bits per heavy atom. The van der Waals surface area contributed by atoms with Crippen molar-refractivity contribution in [3.63, 3.8) is 0 Å². The molecule has 0 bridgehead atoms. The van der Waals surface area contributed by atoms with E-state index in [4.69, 9.17) is 9.47 Å². The van der Waals surface area contributed by atoms with Gasteiger partial charge in [0.05, 0.1) is 13.0 Å². The number of amides is 1. The highest BCUT2D eigenvalue weighted by molar-refractivity contribution is 5.90. The average Bonchev–Trinajstić information content (AvgIpc) is 2.72. The Morgan fingerprint density at radius 3 is 2.59 bits per heavy atom. The van der Waals surface area contributed by atoms with Crippen molar-refractivity contribution in [1.29, 1.82) is 0 Å². The van der Waals surface area contributed by atoms with Crippen LogP contribution in [0.1, 0.15) is 12.5 Å². The molecule has 0 fully saturated rings. The van der Waals surface area contributed by atoms with Gasteiger partial charge in [-0.25, -0.2) is 0 Å². The number of likely N-dealkylation sites (N-methyl/N-ethyl adjacent to an activating group) is 1. The highest BCUT2D eigenvalue weighted by atomic mass is 16.6. The first-order valence-electron chi connectivity index (χ1n) is 9.37. The van der Waals surface area contributed by atoms with Crippen LogP contribution in [-0.2, 0) is 11.2 Å². The fraction of sp³-hybridized carbons (Fsp3) is 0.261. The lowest BCUT2D eigenvalue weighted by Crippen LogP contribution is -2.44. The summed E-state index contributed by atoms with van der Waals surface area (Å²) in [4.78, 5) is 14.8. The normalized spacial score (nSPS) is 15.5. The van der Waals surface area contributed by atoms with Crippen molar-refractivity contribution in [3.05, 3.63) is 72.3 Å². The molecule has 1 amide bonds. The second kappa shape index (κ2) is 7.70. The standard InChI is InChI=1S/C23H23NO3/c1-2-24(15-19-16-26-21-12-5-6-13-22(21)27-19)23(25)14-18-10-7-9-17-8-3-4-11-20(17)18/h3-13,19H,2,14-16H2,1H3/t19-/m1/s1. The monoisotopic (exact) mass is 361 g/mol. The fourth-order valence-electron chi connectivity index (χ4n) is 3.53. The summed E-state index contributed by atoms with van der Waals surface area (Å²) in [6.07, 6.45) is 0.232. The molecule has 0 N–H and O–H groups in total. The molecule has 4 heteroatoms. The Kier molecular flexibility index (Phi) is 4.97. The van der Waals surface area contributed by atoms with Crippen LogP contribution in [0.15, 0.2) is 66.7 Å². The zero-order valence-corrected chi connectivity index (χ0v) is 15.4. The number of fused-ring (bicyclic) bond motifs is 2. The number of hydrogen-bond donors (Lipinski definition) is 0. The molecule has 0 radical (unpaired) electrons. The second-order valence-corrected chi connectivity index (χ2v) is 6.75. The van der Waals surface area contributed by atoms with Gasteiger partial charge in [0, 0.05) is 6.54 Å². The molecule has 0 saturated heterocycles. The Bertz CT molecular complexity index is 948. The summed E-state index contributed by atoms with van der Waals surface area (Å²) >= 11 is 0. The predicted molar refractivity (Wildman–Crippen MR) is 106 cm³/mol. The van der Waals surface area contributed by atoms with Crippen LogP contribution in [0, 0.1) is 0 Å². The summed E-state index contributed by atoms with van der Waals surface area (Å²) in [6, 6.07) is 21.9. The van der Waals surface area contributed by atoms with Crippen LogP contribution in [0.4, 0.5) is 0 Å². The third-order valence-corrected chi connectivity index (χ3v) is 4.95. The van der Waals surface area contributed by atoms with Crippen molar-refractivity contribution in [3.8, 4) is 11.5 Å². The van der Waals surface area contributed by atoms with E-state index >= 15 is 0 Å². The van der Waals surface area contributed by atoms with Crippen LogP contribution in [0.3, 0.4) is 0 Å². The maximum absolute atomic E-state index is 12.9. The Labute approximate surface area is 159 Å². The van der Waals surface area contributed by atoms with E-state index in [2.05, 4.69) is 18.2 Å². The van der Waals surface area contributed by atoms with Gasteiger partial charge in [-0.05, 0) is 35.4 Å². The molecular weight excluding hydrogens is 338 g/mol. The maximum atomic E-state index is 12.9. The minimum Gasteiger partial charge on any atom is -0.486 e. The zero-order chi connectivity index (χ0) is 18.6. The van der Waals surface area contributed by atoms with Gasteiger partial charge in [0.25, 0.3) is 0 Å². The van der Waals surface area contributed by atoms with E-state index in [-0.39, 0.29) is 12.0 Å². The van der Waals surface area contributed by atoms with Crippen molar-refractivity contribution in [2.45, 2.75) is 19.4 Å². The summed E-state index contributed by atoms with van der Waals surface area (Å²) in [5.41, 5.74) is 1.06. The molecule has 0 aromatic heterocycles.